The first-order chi connectivity index (χ1) is 13.7. The van der Waals surface area contributed by atoms with Crippen molar-refractivity contribution in [1.29, 1.82) is 0 Å². The summed E-state index contributed by atoms with van der Waals surface area (Å²) in [5, 5.41) is 6.91. The van der Waals surface area contributed by atoms with E-state index in [9.17, 15) is 8.42 Å². The third-order valence-electron chi connectivity index (χ3n) is 5.18. The maximum Gasteiger partial charge on any atom is 0.231 e. The van der Waals surface area contributed by atoms with Gasteiger partial charge >= 0.3 is 0 Å². The van der Waals surface area contributed by atoms with Crippen molar-refractivity contribution in [2.75, 3.05) is 40.9 Å². The van der Waals surface area contributed by atoms with Gasteiger partial charge in [-0.25, -0.2) is 8.42 Å². The standard InChI is InChI=1S/C21H28N4O2S2/c1-16(17-9-11-19(12-10-17)25-13-4-5-14-25)22-21(28)23-18-7-6-8-20(15-18)24(2)29(3,26)27/h6-12,15-16H,4-5,13-14H2,1-3H3,(H2,22,23,28)/t16-/m1/s1. The predicted octanol–water partition coefficient (Wildman–Crippen LogP) is 3.73. The van der Waals surface area contributed by atoms with Crippen molar-refractivity contribution in [2.24, 2.45) is 0 Å². The van der Waals surface area contributed by atoms with E-state index in [0.29, 0.717) is 10.8 Å². The lowest BCUT2D eigenvalue weighted by molar-refractivity contribution is 0.600. The molecule has 0 aromatic heterocycles. The summed E-state index contributed by atoms with van der Waals surface area (Å²) in [6, 6.07) is 15.8. The lowest BCUT2D eigenvalue weighted by Crippen LogP contribution is -2.31. The first-order valence-corrected chi connectivity index (χ1v) is 12.0. The van der Waals surface area contributed by atoms with E-state index in [1.54, 1.807) is 18.2 Å². The Morgan fingerprint density at radius 2 is 1.79 bits per heavy atom. The highest BCUT2D eigenvalue weighted by Gasteiger charge is 2.14. The fourth-order valence-corrected chi connectivity index (χ4v) is 4.16. The van der Waals surface area contributed by atoms with Crippen LogP contribution < -0.4 is 19.8 Å². The van der Waals surface area contributed by atoms with Gasteiger partial charge in [-0.05, 0) is 67.9 Å². The van der Waals surface area contributed by atoms with Crippen molar-refractivity contribution < 1.29 is 8.42 Å². The number of thiocarbonyl (C=S) groups is 1. The zero-order valence-corrected chi connectivity index (χ0v) is 18.7. The largest absolute Gasteiger partial charge is 0.372 e. The number of benzene rings is 2. The van der Waals surface area contributed by atoms with Crippen molar-refractivity contribution in [3.8, 4) is 0 Å². The van der Waals surface area contributed by atoms with E-state index in [4.69, 9.17) is 12.2 Å². The highest BCUT2D eigenvalue weighted by Crippen LogP contribution is 2.23. The van der Waals surface area contributed by atoms with Crippen LogP contribution in [0.4, 0.5) is 17.1 Å². The summed E-state index contributed by atoms with van der Waals surface area (Å²) in [6.45, 7) is 4.33. The zero-order valence-electron chi connectivity index (χ0n) is 17.1. The molecule has 1 aliphatic heterocycles. The number of anilines is 3. The molecule has 1 atom stereocenters. The minimum atomic E-state index is -3.31. The fraction of sp³-hybridized carbons (Fsp3) is 0.381. The third-order valence-corrected chi connectivity index (χ3v) is 6.60. The number of hydrogen-bond acceptors (Lipinski definition) is 4. The molecule has 8 heteroatoms. The van der Waals surface area contributed by atoms with Gasteiger partial charge in [0.25, 0.3) is 0 Å². The van der Waals surface area contributed by atoms with Gasteiger partial charge in [-0.2, -0.15) is 0 Å². The summed E-state index contributed by atoms with van der Waals surface area (Å²) in [5.41, 5.74) is 3.73. The molecule has 156 valence electrons. The summed E-state index contributed by atoms with van der Waals surface area (Å²) < 4.78 is 24.7. The number of hydrogen-bond donors (Lipinski definition) is 2. The number of sulfonamides is 1. The molecule has 1 heterocycles. The Balaban J connectivity index is 1.60. The Labute approximate surface area is 179 Å². The molecule has 0 unspecified atom stereocenters. The molecule has 29 heavy (non-hydrogen) atoms. The second-order valence-electron chi connectivity index (χ2n) is 7.39. The molecule has 3 rings (SSSR count). The maximum absolute atomic E-state index is 11.7. The Morgan fingerprint density at radius 1 is 1.14 bits per heavy atom. The minimum absolute atomic E-state index is 0.0458. The molecule has 2 aromatic rings. The molecule has 1 aliphatic rings. The summed E-state index contributed by atoms with van der Waals surface area (Å²) in [7, 11) is -1.79. The summed E-state index contributed by atoms with van der Waals surface area (Å²) in [4.78, 5) is 2.41. The molecule has 0 aliphatic carbocycles. The fourth-order valence-electron chi connectivity index (χ4n) is 3.37. The van der Waals surface area contributed by atoms with Crippen LogP contribution in [0.5, 0.6) is 0 Å². The van der Waals surface area contributed by atoms with Crippen LogP contribution in [-0.4, -0.2) is 39.9 Å². The van der Waals surface area contributed by atoms with Crippen molar-refractivity contribution in [2.45, 2.75) is 25.8 Å². The Kier molecular flexibility index (Phi) is 6.64. The number of rotatable bonds is 6. The Morgan fingerprint density at radius 3 is 2.41 bits per heavy atom. The van der Waals surface area contributed by atoms with E-state index in [-0.39, 0.29) is 6.04 Å². The second kappa shape index (κ2) is 9.00. The van der Waals surface area contributed by atoms with E-state index >= 15 is 0 Å². The summed E-state index contributed by atoms with van der Waals surface area (Å²) in [6.07, 6.45) is 3.71. The molecular weight excluding hydrogens is 404 g/mol. The first-order valence-electron chi connectivity index (χ1n) is 9.70. The van der Waals surface area contributed by atoms with Crippen molar-refractivity contribution in [3.05, 3.63) is 54.1 Å². The molecule has 2 N–H and O–H groups in total. The second-order valence-corrected chi connectivity index (χ2v) is 9.81. The average molecular weight is 433 g/mol. The van der Waals surface area contributed by atoms with Gasteiger partial charge in [-0.1, -0.05) is 18.2 Å². The van der Waals surface area contributed by atoms with E-state index in [1.807, 2.05) is 6.07 Å². The quantitative estimate of drug-likeness (QED) is 0.678. The topological polar surface area (TPSA) is 64.7 Å². The van der Waals surface area contributed by atoms with Gasteiger partial charge in [0.2, 0.25) is 10.0 Å². The molecule has 0 saturated carbocycles. The van der Waals surface area contributed by atoms with Crippen LogP contribution in [0, 0.1) is 0 Å². The normalized spacial score (nSPS) is 15.1. The van der Waals surface area contributed by atoms with Crippen LogP contribution >= 0.6 is 12.2 Å². The number of nitrogens with one attached hydrogen (secondary N) is 2. The molecule has 0 bridgehead atoms. The highest BCUT2D eigenvalue weighted by molar-refractivity contribution is 7.92. The van der Waals surface area contributed by atoms with E-state index in [1.165, 1.54) is 36.1 Å². The summed E-state index contributed by atoms with van der Waals surface area (Å²) >= 11 is 5.45. The van der Waals surface area contributed by atoms with Crippen LogP contribution in [0.15, 0.2) is 48.5 Å². The molecule has 1 saturated heterocycles. The molecular formula is C21H28N4O2S2. The van der Waals surface area contributed by atoms with Gasteiger partial charge in [0.05, 0.1) is 18.0 Å². The number of nitrogens with zero attached hydrogens (tertiary/aromatic N) is 2. The van der Waals surface area contributed by atoms with Gasteiger partial charge in [0.1, 0.15) is 0 Å². The molecule has 0 amide bonds. The van der Waals surface area contributed by atoms with Crippen molar-refractivity contribution in [1.82, 2.24) is 5.32 Å². The van der Waals surface area contributed by atoms with Crippen LogP contribution in [0.1, 0.15) is 31.4 Å². The molecule has 0 radical (unpaired) electrons. The van der Waals surface area contributed by atoms with Gasteiger partial charge < -0.3 is 15.5 Å². The highest BCUT2D eigenvalue weighted by atomic mass is 32.2. The lowest BCUT2D eigenvalue weighted by atomic mass is 10.1. The Bertz CT molecular complexity index is 955. The third kappa shape index (κ3) is 5.61. The minimum Gasteiger partial charge on any atom is -0.372 e. The van der Waals surface area contributed by atoms with Gasteiger partial charge in [0, 0.05) is 31.5 Å². The van der Waals surface area contributed by atoms with Crippen LogP contribution in [0.2, 0.25) is 0 Å². The average Bonchev–Trinajstić information content (AvgIpc) is 3.21. The maximum atomic E-state index is 11.7. The predicted molar refractivity (Wildman–Crippen MR) is 125 cm³/mol. The van der Waals surface area contributed by atoms with Crippen LogP contribution in [-0.2, 0) is 10.0 Å². The monoisotopic (exact) mass is 432 g/mol. The smallest absolute Gasteiger partial charge is 0.231 e. The first kappa shape index (κ1) is 21.4. The molecule has 0 spiro atoms. The lowest BCUT2D eigenvalue weighted by Gasteiger charge is -2.21. The van der Waals surface area contributed by atoms with Gasteiger partial charge in [-0.15, -0.1) is 0 Å². The molecule has 6 nitrogen and oxygen atoms in total. The zero-order chi connectivity index (χ0) is 21.0. The van der Waals surface area contributed by atoms with Crippen molar-refractivity contribution >= 4 is 44.4 Å². The van der Waals surface area contributed by atoms with Crippen LogP contribution in [0.25, 0.3) is 0 Å². The SMILES string of the molecule is C[C@@H](NC(=S)Nc1cccc(N(C)S(C)(=O)=O)c1)c1ccc(N2CCCC2)cc1. The van der Waals surface area contributed by atoms with Crippen molar-refractivity contribution in [3.63, 3.8) is 0 Å². The van der Waals surface area contributed by atoms with E-state index in [2.05, 4.69) is 46.7 Å². The van der Waals surface area contributed by atoms with E-state index < -0.39 is 10.0 Å². The van der Waals surface area contributed by atoms with Gasteiger partial charge in [0.15, 0.2) is 5.11 Å². The van der Waals surface area contributed by atoms with Crippen LogP contribution in [0.3, 0.4) is 0 Å². The Hall–Kier alpha value is -2.32. The van der Waals surface area contributed by atoms with E-state index in [0.717, 1.165) is 24.3 Å². The molecule has 2 aromatic carbocycles. The summed E-state index contributed by atoms with van der Waals surface area (Å²) in [5.74, 6) is 0. The molecule has 1 fully saturated rings. The van der Waals surface area contributed by atoms with Gasteiger partial charge in [-0.3, -0.25) is 4.31 Å².